The molecular formula is C8H12N2O2S. The van der Waals surface area contributed by atoms with Gasteiger partial charge in [0.25, 0.3) is 0 Å². The molecule has 0 saturated carbocycles. The van der Waals surface area contributed by atoms with Crippen LogP contribution in [0, 0.1) is 0 Å². The van der Waals surface area contributed by atoms with E-state index in [9.17, 15) is 9.59 Å². The van der Waals surface area contributed by atoms with Crippen molar-refractivity contribution in [3.8, 4) is 0 Å². The van der Waals surface area contributed by atoms with Crippen LogP contribution in [0.5, 0.6) is 0 Å². The van der Waals surface area contributed by atoms with Crippen LogP contribution in [-0.2, 0) is 9.59 Å². The Morgan fingerprint density at radius 3 is 2.54 bits per heavy atom. The van der Waals surface area contributed by atoms with Gasteiger partial charge in [-0.2, -0.15) is 0 Å². The molecule has 0 spiro atoms. The van der Waals surface area contributed by atoms with Crippen LogP contribution < -0.4 is 0 Å². The summed E-state index contributed by atoms with van der Waals surface area (Å²) in [6.45, 7) is 2.56. The number of carbonyl (C=O) groups excluding carboxylic acids is 2. The van der Waals surface area contributed by atoms with E-state index in [1.165, 1.54) is 9.80 Å². The second-order valence-electron chi connectivity index (χ2n) is 2.96. The lowest BCUT2D eigenvalue weighted by Gasteiger charge is -2.32. The number of thiocarbonyl (C=S) groups is 1. The topological polar surface area (TPSA) is 40.6 Å². The number of hydrogen-bond donors (Lipinski definition) is 0. The van der Waals surface area contributed by atoms with Gasteiger partial charge in [0.15, 0.2) is 5.11 Å². The smallest absolute Gasteiger partial charge is 0.238 e. The average molecular weight is 200 g/mol. The molecule has 0 bridgehead atoms. The van der Waals surface area contributed by atoms with Gasteiger partial charge in [-0.05, 0) is 18.6 Å². The van der Waals surface area contributed by atoms with Crippen LogP contribution in [0.25, 0.3) is 0 Å². The molecule has 0 aromatic carbocycles. The molecule has 0 unspecified atom stereocenters. The van der Waals surface area contributed by atoms with Crippen LogP contribution in [0.4, 0.5) is 0 Å². The SMILES string of the molecule is CCCN1C(=O)CC(=O)N(C)C1=S. The van der Waals surface area contributed by atoms with E-state index in [-0.39, 0.29) is 18.2 Å². The fourth-order valence-corrected chi connectivity index (χ4v) is 1.48. The van der Waals surface area contributed by atoms with Crippen molar-refractivity contribution in [3.05, 3.63) is 0 Å². The average Bonchev–Trinajstić information content (AvgIpc) is 2.09. The van der Waals surface area contributed by atoms with Crippen molar-refractivity contribution in [1.29, 1.82) is 0 Å². The van der Waals surface area contributed by atoms with Crippen LogP contribution in [0.1, 0.15) is 19.8 Å². The summed E-state index contributed by atoms with van der Waals surface area (Å²) in [6.07, 6.45) is 0.782. The van der Waals surface area contributed by atoms with Crippen molar-refractivity contribution in [2.75, 3.05) is 13.6 Å². The lowest BCUT2D eigenvalue weighted by Crippen LogP contribution is -2.53. The Hall–Kier alpha value is -0.970. The van der Waals surface area contributed by atoms with Gasteiger partial charge < -0.3 is 0 Å². The largest absolute Gasteiger partial charge is 0.292 e. The highest BCUT2D eigenvalue weighted by molar-refractivity contribution is 7.80. The number of hydrogen-bond acceptors (Lipinski definition) is 3. The third-order valence-electron chi connectivity index (χ3n) is 1.94. The minimum atomic E-state index is -0.220. The van der Waals surface area contributed by atoms with E-state index in [1.54, 1.807) is 7.05 Å². The van der Waals surface area contributed by atoms with Gasteiger partial charge in [-0.15, -0.1) is 0 Å². The van der Waals surface area contributed by atoms with Crippen LogP contribution in [0.2, 0.25) is 0 Å². The van der Waals surface area contributed by atoms with Crippen molar-refractivity contribution < 1.29 is 9.59 Å². The zero-order valence-electron chi connectivity index (χ0n) is 7.74. The summed E-state index contributed by atoms with van der Waals surface area (Å²) in [4.78, 5) is 25.3. The quantitative estimate of drug-likeness (QED) is 0.477. The Morgan fingerprint density at radius 2 is 2.00 bits per heavy atom. The standard InChI is InChI=1S/C8H12N2O2S/c1-3-4-10-7(12)5-6(11)9(2)8(10)13/h3-5H2,1-2H3. The molecule has 1 aliphatic rings. The van der Waals surface area contributed by atoms with E-state index < -0.39 is 0 Å². The Kier molecular flexibility index (Phi) is 2.98. The molecule has 13 heavy (non-hydrogen) atoms. The summed E-state index contributed by atoms with van der Waals surface area (Å²) in [7, 11) is 1.60. The third-order valence-corrected chi connectivity index (χ3v) is 2.44. The van der Waals surface area contributed by atoms with E-state index in [0.717, 1.165) is 6.42 Å². The highest BCUT2D eigenvalue weighted by Crippen LogP contribution is 2.10. The maximum absolute atomic E-state index is 11.3. The summed E-state index contributed by atoms with van der Waals surface area (Å²) in [5.74, 6) is -0.405. The highest BCUT2D eigenvalue weighted by Gasteiger charge is 2.31. The zero-order valence-corrected chi connectivity index (χ0v) is 8.56. The number of rotatable bonds is 2. The molecule has 1 saturated heterocycles. The lowest BCUT2D eigenvalue weighted by atomic mass is 10.2. The maximum Gasteiger partial charge on any atom is 0.238 e. The molecule has 1 fully saturated rings. The van der Waals surface area contributed by atoms with E-state index >= 15 is 0 Å². The minimum absolute atomic E-state index is 0.0589. The summed E-state index contributed by atoms with van der Waals surface area (Å²) >= 11 is 4.98. The predicted molar refractivity (Wildman–Crippen MR) is 52.0 cm³/mol. The first kappa shape index (κ1) is 10.1. The highest BCUT2D eigenvalue weighted by atomic mass is 32.1. The minimum Gasteiger partial charge on any atom is -0.292 e. The van der Waals surface area contributed by atoms with E-state index in [4.69, 9.17) is 12.2 Å². The molecule has 0 atom stereocenters. The van der Waals surface area contributed by atoms with Gasteiger partial charge >= 0.3 is 0 Å². The second-order valence-corrected chi connectivity index (χ2v) is 3.32. The molecule has 2 amide bonds. The number of carbonyl (C=O) groups is 2. The summed E-state index contributed by atoms with van der Waals surface area (Å²) in [6, 6.07) is 0. The lowest BCUT2D eigenvalue weighted by molar-refractivity contribution is -0.139. The van der Waals surface area contributed by atoms with Crippen molar-refractivity contribution in [2.45, 2.75) is 19.8 Å². The molecule has 5 heteroatoms. The first-order chi connectivity index (χ1) is 6.07. The number of amides is 2. The molecule has 0 aromatic rings. The van der Waals surface area contributed by atoms with Gasteiger partial charge in [-0.3, -0.25) is 19.4 Å². The predicted octanol–water partition coefficient (Wildman–Crippen LogP) is 0.372. The Balaban J connectivity index is 2.79. The van der Waals surface area contributed by atoms with E-state index in [0.29, 0.717) is 11.7 Å². The van der Waals surface area contributed by atoms with Crippen LogP contribution in [0.3, 0.4) is 0 Å². The molecule has 0 N–H and O–H groups in total. The number of nitrogens with zero attached hydrogens (tertiary/aromatic N) is 2. The van der Waals surface area contributed by atoms with Gasteiger partial charge in [-0.25, -0.2) is 0 Å². The molecular weight excluding hydrogens is 188 g/mol. The first-order valence-corrected chi connectivity index (χ1v) is 4.59. The van der Waals surface area contributed by atoms with Crippen molar-refractivity contribution >= 4 is 29.1 Å². The third kappa shape index (κ3) is 1.85. The van der Waals surface area contributed by atoms with E-state index in [1.807, 2.05) is 6.92 Å². The molecule has 1 rings (SSSR count). The summed E-state index contributed by atoms with van der Waals surface area (Å²) in [5.41, 5.74) is 0. The molecule has 1 aliphatic heterocycles. The van der Waals surface area contributed by atoms with Gasteiger partial charge in [0, 0.05) is 13.6 Å². The van der Waals surface area contributed by atoms with Crippen molar-refractivity contribution in [1.82, 2.24) is 9.80 Å². The molecule has 0 aromatic heterocycles. The molecule has 0 aliphatic carbocycles. The molecule has 1 heterocycles. The summed E-state index contributed by atoms with van der Waals surface area (Å²) in [5, 5.41) is 0.322. The van der Waals surface area contributed by atoms with Crippen LogP contribution in [0.15, 0.2) is 0 Å². The van der Waals surface area contributed by atoms with Gasteiger partial charge in [0.05, 0.1) is 0 Å². The van der Waals surface area contributed by atoms with Gasteiger partial charge in [0.2, 0.25) is 11.8 Å². The Morgan fingerprint density at radius 1 is 1.38 bits per heavy atom. The summed E-state index contributed by atoms with van der Waals surface area (Å²) < 4.78 is 0. The van der Waals surface area contributed by atoms with E-state index in [2.05, 4.69) is 0 Å². The van der Waals surface area contributed by atoms with Crippen molar-refractivity contribution in [3.63, 3.8) is 0 Å². The second kappa shape index (κ2) is 3.83. The maximum atomic E-state index is 11.3. The normalized spacial score (nSPS) is 18.5. The van der Waals surface area contributed by atoms with Gasteiger partial charge in [0.1, 0.15) is 6.42 Å². The Bertz CT molecular complexity index is 265. The first-order valence-electron chi connectivity index (χ1n) is 4.18. The molecule has 72 valence electrons. The zero-order chi connectivity index (χ0) is 10.0. The Labute approximate surface area is 82.5 Å². The fourth-order valence-electron chi connectivity index (χ4n) is 1.18. The molecule has 0 radical (unpaired) electrons. The molecule has 4 nitrogen and oxygen atoms in total. The van der Waals surface area contributed by atoms with Gasteiger partial charge in [-0.1, -0.05) is 6.92 Å². The fraction of sp³-hybridized carbons (Fsp3) is 0.625. The van der Waals surface area contributed by atoms with Crippen LogP contribution >= 0.6 is 12.2 Å². The van der Waals surface area contributed by atoms with Crippen LogP contribution in [-0.4, -0.2) is 40.3 Å². The monoisotopic (exact) mass is 200 g/mol. The van der Waals surface area contributed by atoms with Crippen molar-refractivity contribution in [2.24, 2.45) is 0 Å².